The Labute approximate surface area is 314 Å². The van der Waals surface area contributed by atoms with Gasteiger partial charge in [0.25, 0.3) is 0 Å². The van der Waals surface area contributed by atoms with E-state index in [4.69, 9.17) is 18.9 Å². The van der Waals surface area contributed by atoms with Crippen LogP contribution in [0.3, 0.4) is 0 Å². The summed E-state index contributed by atoms with van der Waals surface area (Å²) in [4.78, 5) is 25.2. The number of ether oxygens (including phenoxy) is 4. The average molecular weight is 737 g/mol. The van der Waals surface area contributed by atoms with Gasteiger partial charge in [-0.3, -0.25) is 9.59 Å². The topological polar surface area (TPSA) is 152 Å². The number of hydrogen-bond donors (Lipinski definition) is 4. The molecule has 0 amide bonds. The number of unbranched alkanes of at least 4 members (excludes halogenated alkanes) is 13. The Kier molecular flexibility index (Phi) is 30.5. The monoisotopic (exact) mass is 737 g/mol. The molecule has 10 heteroatoms. The first-order chi connectivity index (χ1) is 25.3. The number of aliphatic hydroxyl groups excluding tert-OH is 4. The predicted octanol–water partition coefficient (Wildman–Crippen LogP) is 7.71. The summed E-state index contributed by atoms with van der Waals surface area (Å²) in [6.45, 7) is 3.24. The lowest BCUT2D eigenvalue weighted by Gasteiger charge is -2.39. The van der Waals surface area contributed by atoms with E-state index in [0.29, 0.717) is 6.42 Å². The van der Waals surface area contributed by atoms with Crippen molar-refractivity contribution in [2.75, 3.05) is 19.8 Å². The minimum atomic E-state index is -1.60. The van der Waals surface area contributed by atoms with Crippen molar-refractivity contribution in [2.24, 2.45) is 0 Å². The largest absolute Gasteiger partial charge is 0.462 e. The molecular formula is C42H72O10. The molecule has 1 aliphatic heterocycles. The van der Waals surface area contributed by atoms with Gasteiger partial charge in [0.05, 0.1) is 13.2 Å². The minimum absolute atomic E-state index is 0.177. The van der Waals surface area contributed by atoms with Crippen LogP contribution in [-0.2, 0) is 28.5 Å². The Hall–Kier alpha value is -2.34. The summed E-state index contributed by atoms with van der Waals surface area (Å²) >= 11 is 0. The van der Waals surface area contributed by atoms with Crippen molar-refractivity contribution in [3.63, 3.8) is 0 Å². The molecule has 0 aromatic heterocycles. The summed E-state index contributed by atoms with van der Waals surface area (Å²) in [7, 11) is 0. The van der Waals surface area contributed by atoms with E-state index in [1.807, 2.05) is 0 Å². The highest BCUT2D eigenvalue weighted by Gasteiger charge is 2.44. The van der Waals surface area contributed by atoms with Crippen molar-refractivity contribution in [3.05, 3.63) is 48.6 Å². The second kappa shape index (κ2) is 33.2. The van der Waals surface area contributed by atoms with Crippen molar-refractivity contribution in [1.82, 2.24) is 0 Å². The molecule has 1 fully saturated rings. The summed E-state index contributed by atoms with van der Waals surface area (Å²) in [5.74, 6) is -0.858. The highest BCUT2D eigenvalue weighted by atomic mass is 16.7. The molecule has 300 valence electrons. The third-order valence-electron chi connectivity index (χ3n) is 8.98. The van der Waals surface area contributed by atoms with Crippen LogP contribution in [0.25, 0.3) is 0 Å². The van der Waals surface area contributed by atoms with Crippen molar-refractivity contribution in [2.45, 2.75) is 185 Å². The maximum atomic E-state index is 12.7. The first-order valence-corrected chi connectivity index (χ1v) is 20.2. The number of rotatable bonds is 32. The number of esters is 2. The number of carbonyl (C=O) groups excluding carboxylic acids is 2. The Morgan fingerprint density at radius 1 is 0.615 bits per heavy atom. The van der Waals surface area contributed by atoms with E-state index in [2.05, 4.69) is 62.5 Å². The smallest absolute Gasteiger partial charge is 0.306 e. The summed E-state index contributed by atoms with van der Waals surface area (Å²) in [6, 6.07) is 0. The van der Waals surface area contributed by atoms with E-state index in [0.717, 1.165) is 57.8 Å². The molecule has 0 aliphatic carbocycles. The van der Waals surface area contributed by atoms with E-state index in [9.17, 15) is 30.0 Å². The van der Waals surface area contributed by atoms with E-state index in [1.165, 1.54) is 57.8 Å². The molecule has 1 rings (SSSR count). The van der Waals surface area contributed by atoms with E-state index in [-0.39, 0.29) is 32.0 Å². The van der Waals surface area contributed by atoms with E-state index in [1.54, 1.807) is 0 Å². The number of hydrogen-bond acceptors (Lipinski definition) is 10. The molecule has 0 saturated carbocycles. The molecule has 6 atom stereocenters. The van der Waals surface area contributed by atoms with Crippen LogP contribution in [-0.4, -0.2) is 89.0 Å². The van der Waals surface area contributed by atoms with Gasteiger partial charge >= 0.3 is 11.9 Å². The standard InChI is InChI=1S/C42H72O10/c1-3-5-7-9-11-13-15-17-18-19-21-23-25-27-29-31-38(45)51-35(34-50-42-41(48)40(47)39(46)36(32-43)52-42)33-49-37(44)30-28-26-24-22-20-16-14-12-10-8-6-4-2/h5,7,11,13,17-18,21,23,35-36,39-43,46-48H,3-4,6,8-10,12,14-16,19-20,22,24-34H2,1-2H3/b7-5-,13-11-,18-17-,23-21-. The summed E-state index contributed by atoms with van der Waals surface area (Å²) < 4.78 is 22.0. The summed E-state index contributed by atoms with van der Waals surface area (Å²) in [5.41, 5.74) is 0. The van der Waals surface area contributed by atoms with Gasteiger partial charge in [-0.2, -0.15) is 0 Å². The van der Waals surface area contributed by atoms with Crippen molar-refractivity contribution < 1.29 is 49.0 Å². The highest BCUT2D eigenvalue weighted by Crippen LogP contribution is 2.22. The van der Waals surface area contributed by atoms with Crippen LogP contribution in [0.1, 0.15) is 149 Å². The first-order valence-electron chi connectivity index (χ1n) is 20.2. The molecule has 6 unspecified atom stereocenters. The average Bonchev–Trinajstić information content (AvgIpc) is 3.14. The van der Waals surface area contributed by atoms with Crippen molar-refractivity contribution in [1.29, 1.82) is 0 Å². The Balaban J connectivity index is 2.42. The van der Waals surface area contributed by atoms with Gasteiger partial charge in [-0.1, -0.05) is 133 Å². The third-order valence-corrected chi connectivity index (χ3v) is 8.98. The number of carbonyl (C=O) groups is 2. The zero-order chi connectivity index (χ0) is 38.1. The summed E-state index contributed by atoms with van der Waals surface area (Å²) in [6.07, 6.45) is 29.8. The number of allylic oxidation sites excluding steroid dienone is 8. The molecule has 52 heavy (non-hydrogen) atoms. The van der Waals surface area contributed by atoms with Gasteiger partial charge in [0.2, 0.25) is 0 Å². The van der Waals surface area contributed by atoms with Crippen LogP contribution in [0.4, 0.5) is 0 Å². The highest BCUT2D eigenvalue weighted by molar-refractivity contribution is 5.70. The van der Waals surface area contributed by atoms with Gasteiger partial charge in [0, 0.05) is 12.8 Å². The van der Waals surface area contributed by atoms with Gasteiger partial charge in [-0.15, -0.1) is 0 Å². The van der Waals surface area contributed by atoms with Gasteiger partial charge < -0.3 is 39.4 Å². The second-order valence-corrected chi connectivity index (χ2v) is 13.7. The second-order valence-electron chi connectivity index (χ2n) is 13.7. The maximum Gasteiger partial charge on any atom is 0.306 e. The summed E-state index contributed by atoms with van der Waals surface area (Å²) in [5, 5.41) is 39.9. The normalized spacial score (nSPS) is 21.5. The Morgan fingerprint density at radius 3 is 1.71 bits per heavy atom. The zero-order valence-corrected chi connectivity index (χ0v) is 32.3. The van der Waals surface area contributed by atoms with Gasteiger partial charge in [0.1, 0.15) is 31.0 Å². The fraction of sp³-hybridized carbons (Fsp3) is 0.762. The fourth-order valence-corrected chi connectivity index (χ4v) is 5.77. The lowest BCUT2D eigenvalue weighted by Crippen LogP contribution is -2.59. The molecule has 0 aromatic rings. The Bertz CT molecular complexity index is 991. The first kappa shape index (κ1) is 47.7. The van der Waals surface area contributed by atoms with E-state index >= 15 is 0 Å². The molecule has 0 radical (unpaired) electrons. The quantitative estimate of drug-likeness (QED) is 0.0307. The Morgan fingerprint density at radius 2 is 1.13 bits per heavy atom. The van der Waals surface area contributed by atoms with Crippen LogP contribution in [0.15, 0.2) is 48.6 Å². The van der Waals surface area contributed by atoms with Crippen LogP contribution >= 0.6 is 0 Å². The van der Waals surface area contributed by atoms with Crippen molar-refractivity contribution in [3.8, 4) is 0 Å². The van der Waals surface area contributed by atoms with Crippen LogP contribution < -0.4 is 0 Å². The SMILES string of the molecule is CC/C=C\C/C=C\C/C=C\C/C=C\CCCCC(=O)OC(COC(=O)CCCCCCCCCCCCCC)COC1OC(CO)C(O)C(O)C1O. The lowest BCUT2D eigenvalue weighted by atomic mass is 9.99. The van der Waals surface area contributed by atoms with Crippen LogP contribution in [0, 0.1) is 0 Å². The molecular weight excluding hydrogens is 664 g/mol. The molecule has 1 saturated heterocycles. The fourth-order valence-electron chi connectivity index (χ4n) is 5.77. The zero-order valence-electron chi connectivity index (χ0n) is 32.3. The van der Waals surface area contributed by atoms with Gasteiger partial charge in [0.15, 0.2) is 12.4 Å². The molecule has 0 bridgehead atoms. The predicted molar refractivity (Wildman–Crippen MR) is 205 cm³/mol. The molecule has 4 N–H and O–H groups in total. The van der Waals surface area contributed by atoms with Gasteiger partial charge in [-0.25, -0.2) is 0 Å². The molecule has 10 nitrogen and oxygen atoms in total. The minimum Gasteiger partial charge on any atom is -0.462 e. The third kappa shape index (κ3) is 24.8. The van der Waals surface area contributed by atoms with Gasteiger partial charge in [-0.05, 0) is 51.4 Å². The van der Waals surface area contributed by atoms with E-state index < -0.39 is 49.4 Å². The molecule has 0 aromatic carbocycles. The molecule has 0 spiro atoms. The van der Waals surface area contributed by atoms with Crippen LogP contribution in [0.5, 0.6) is 0 Å². The maximum absolute atomic E-state index is 12.7. The molecule has 1 heterocycles. The molecule has 1 aliphatic rings. The van der Waals surface area contributed by atoms with Crippen molar-refractivity contribution >= 4 is 11.9 Å². The number of aliphatic hydroxyl groups is 4. The van der Waals surface area contributed by atoms with Crippen LogP contribution in [0.2, 0.25) is 0 Å². The lowest BCUT2D eigenvalue weighted by molar-refractivity contribution is -0.305.